The van der Waals surface area contributed by atoms with Gasteiger partial charge in [-0.2, -0.15) is 0 Å². The largest absolute Gasteiger partial charge is 0.478 e. The second-order valence-electron chi connectivity index (χ2n) is 10.0. The van der Waals surface area contributed by atoms with E-state index >= 15 is 0 Å². The van der Waals surface area contributed by atoms with Crippen molar-refractivity contribution in [1.29, 1.82) is 0 Å². The van der Waals surface area contributed by atoms with Crippen molar-refractivity contribution >= 4 is 103 Å². The van der Waals surface area contributed by atoms with Gasteiger partial charge in [0.1, 0.15) is 0 Å². The van der Waals surface area contributed by atoms with Gasteiger partial charge in [0.2, 0.25) is 0 Å². The SMILES string of the molecule is Cc1ccc(C(=O)Nc2ccc3nc(Sc4ccc(/C=C5\SC(=Nc6ccc(Cl)c(C(=O)O)c6)NC5=O)cc4[N+](=O)[O-])sc3c2)cc1. The van der Waals surface area contributed by atoms with Gasteiger partial charge in [0.25, 0.3) is 17.5 Å². The summed E-state index contributed by atoms with van der Waals surface area (Å²) in [5, 5.41) is 27.1. The number of halogens is 1. The molecule has 0 unspecified atom stereocenters. The van der Waals surface area contributed by atoms with Crippen LogP contribution in [0.25, 0.3) is 16.3 Å². The smallest absolute Gasteiger partial charge is 0.337 e. The standard InChI is InChI=1S/C32H20ClN5O6S3/c1-16-2-5-18(6-3-16)28(39)34-20-8-10-23-26(15-20)47-32(36-23)46-25-11-4-17(12-24(25)38(43)44)13-27-29(40)37-31(45-27)35-19-7-9-22(33)21(14-19)30(41)42/h2-15H,1H3,(H,34,39)(H,41,42)(H,35,37,40)/b27-13-. The van der Waals surface area contributed by atoms with Crippen LogP contribution in [0, 0.1) is 17.0 Å². The molecule has 15 heteroatoms. The lowest BCUT2D eigenvalue weighted by atomic mass is 10.1. The minimum atomic E-state index is -1.21. The third-order valence-electron chi connectivity index (χ3n) is 6.68. The monoisotopic (exact) mass is 701 g/mol. The number of benzene rings is 4. The second kappa shape index (κ2) is 13.4. The number of aryl methyl sites for hydroxylation is 1. The molecule has 1 aliphatic rings. The Morgan fingerprint density at radius 1 is 1.09 bits per heavy atom. The molecule has 11 nitrogen and oxygen atoms in total. The van der Waals surface area contributed by atoms with Crippen molar-refractivity contribution in [3.8, 4) is 0 Å². The summed E-state index contributed by atoms with van der Waals surface area (Å²) in [6.07, 6.45) is 1.51. The molecule has 1 fully saturated rings. The minimum Gasteiger partial charge on any atom is -0.478 e. The predicted molar refractivity (Wildman–Crippen MR) is 185 cm³/mol. The van der Waals surface area contributed by atoms with Crippen LogP contribution in [0.15, 0.2) is 98.0 Å². The van der Waals surface area contributed by atoms with E-state index in [1.807, 2.05) is 25.1 Å². The average molecular weight is 702 g/mol. The molecule has 1 aromatic heterocycles. The van der Waals surface area contributed by atoms with Crippen LogP contribution in [-0.4, -0.2) is 38.0 Å². The molecule has 0 saturated carbocycles. The number of carboxylic acid groups (broad SMARTS) is 1. The van der Waals surface area contributed by atoms with E-state index in [2.05, 4.69) is 20.6 Å². The van der Waals surface area contributed by atoms with Crippen molar-refractivity contribution in [2.45, 2.75) is 16.2 Å². The number of hydrogen-bond donors (Lipinski definition) is 3. The molecule has 0 bridgehead atoms. The van der Waals surface area contributed by atoms with Crippen molar-refractivity contribution in [2.75, 3.05) is 5.32 Å². The van der Waals surface area contributed by atoms with Gasteiger partial charge in [-0.3, -0.25) is 19.7 Å². The Balaban J connectivity index is 1.19. The molecule has 234 valence electrons. The molecule has 0 aliphatic carbocycles. The van der Waals surface area contributed by atoms with Gasteiger partial charge in [0.15, 0.2) is 9.51 Å². The van der Waals surface area contributed by atoms with Gasteiger partial charge in [-0.1, -0.05) is 47.1 Å². The van der Waals surface area contributed by atoms with E-state index in [9.17, 15) is 29.6 Å². The van der Waals surface area contributed by atoms with Crippen molar-refractivity contribution in [3.05, 3.63) is 121 Å². The van der Waals surface area contributed by atoms with Crippen LogP contribution < -0.4 is 10.6 Å². The summed E-state index contributed by atoms with van der Waals surface area (Å²) < 4.78 is 1.38. The summed E-state index contributed by atoms with van der Waals surface area (Å²) >= 11 is 9.42. The number of nitro benzene ring substituents is 1. The highest BCUT2D eigenvalue weighted by Crippen LogP contribution is 2.40. The Morgan fingerprint density at radius 3 is 2.62 bits per heavy atom. The Bertz CT molecular complexity index is 2180. The fourth-order valence-electron chi connectivity index (χ4n) is 4.38. The zero-order valence-corrected chi connectivity index (χ0v) is 27.2. The van der Waals surface area contributed by atoms with Crippen molar-refractivity contribution in [2.24, 2.45) is 4.99 Å². The van der Waals surface area contributed by atoms with Crippen LogP contribution in [0.5, 0.6) is 0 Å². The maximum absolute atomic E-state index is 12.6. The molecule has 1 saturated heterocycles. The number of rotatable bonds is 8. The molecule has 1 aliphatic heterocycles. The van der Waals surface area contributed by atoms with E-state index in [1.54, 1.807) is 36.4 Å². The van der Waals surface area contributed by atoms with Gasteiger partial charge < -0.3 is 15.7 Å². The van der Waals surface area contributed by atoms with Gasteiger partial charge >= 0.3 is 5.97 Å². The third kappa shape index (κ3) is 7.36. The number of nitro groups is 1. The number of anilines is 1. The zero-order chi connectivity index (χ0) is 33.2. The first-order valence-electron chi connectivity index (χ1n) is 13.6. The molecule has 0 spiro atoms. The second-order valence-corrected chi connectivity index (χ2v) is 13.8. The number of amides is 2. The Hall–Kier alpha value is -5.02. The lowest BCUT2D eigenvalue weighted by molar-refractivity contribution is -0.387. The van der Waals surface area contributed by atoms with Gasteiger partial charge in [-0.25, -0.2) is 14.8 Å². The number of carbonyl (C=O) groups is 3. The summed E-state index contributed by atoms with van der Waals surface area (Å²) in [5.74, 6) is -1.89. The molecule has 2 amide bonds. The minimum absolute atomic E-state index is 0.0604. The highest BCUT2D eigenvalue weighted by molar-refractivity contribution is 8.18. The van der Waals surface area contributed by atoms with E-state index in [-0.39, 0.29) is 37.9 Å². The fourth-order valence-corrected chi connectivity index (χ4v) is 7.56. The van der Waals surface area contributed by atoms with E-state index in [0.29, 0.717) is 31.6 Å². The number of thiazole rings is 1. The number of fused-ring (bicyclic) bond motifs is 1. The summed E-state index contributed by atoms with van der Waals surface area (Å²) in [6.45, 7) is 1.95. The summed E-state index contributed by atoms with van der Waals surface area (Å²) in [7, 11) is 0. The average Bonchev–Trinajstić information content (AvgIpc) is 3.59. The van der Waals surface area contributed by atoms with Crippen molar-refractivity contribution < 1.29 is 24.4 Å². The van der Waals surface area contributed by atoms with Gasteiger partial charge in [0.05, 0.1) is 41.2 Å². The number of aromatic carboxylic acids is 1. The van der Waals surface area contributed by atoms with Crippen LogP contribution >= 0.6 is 46.5 Å². The predicted octanol–water partition coefficient (Wildman–Crippen LogP) is 8.16. The van der Waals surface area contributed by atoms with E-state index in [1.165, 1.54) is 41.7 Å². The van der Waals surface area contributed by atoms with E-state index < -0.39 is 16.8 Å². The molecule has 4 aromatic carbocycles. The number of thioether (sulfide) groups is 1. The van der Waals surface area contributed by atoms with Crippen LogP contribution in [0.1, 0.15) is 31.8 Å². The van der Waals surface area contributed by atoms with Gasteiger partial charge in [-0.05, 0) is 84.9 Å². The molecule has 3 N–H and O–H groups in total. The van der Waals surface area contributed by atoms with Crippen molar-refractivity contribution in [1.82, 2.24) is 10.3 Å². The highest BCUT2D eigenvalue weighted by atomic mass is 35.5. The number of aromatic nitrogens is 1. The molecule has 0 radical (unpaired) electrons. The fraction of sp³-hybridized carbons (Fsp3) is 0.0312. The van der Waals surface area contributed by atoms with Crippen LogP contribution in [0.4, 0.5) is 17.1 Å². The summed E-state index contributed by atoms with van der Waals surface area (Å²) in [4.78, 5) is 57.7. The van der Waals surface area contributed by atoms with Crippen LogP contribution in [-0.2, 0) is 4.79 Å². The number of carboxylic acids is 1. The lowest BCUT2D eigenvalue weighted by Crippen LogP contribution is -2.19. The molecular formula is C32H20ClN5O6S3. The van der Waals surface area contributed by atoms with Crippen LogP contribution in [0.3, 0.4) is 0 Å². The number of nitrogens with one attached hydrogen (secondary N) is 2. The number of hydrogen-bond acceptors (Lipinski definition) is 10. The first kappa shape index (κ1) is 31.9. The topological polar surface area (TPSA) is 164 Å². The lowest BCUT2D eigenvalue weighted by Gasteiger charge is -2.05. The number of aliphatic imine (C=N–C) groups is 1. The highest BCUT2D eigenvalue weighted by Gasteiger charge is 2.25. The van der Waals surface area contributed by atoms with Gasteiger partial charge in [0, 0.05) is 17.3 Å². The summed E-state index contributed by atoms with van der Waals surface area (Å²) in [5.41, 5.74) is 3.32. The van der Waals surface area contributed by atoms with Crippen molar-refractivity contribution in [3.63, 3.8) is 0 Å². The molecule has 2 heterocycles. The number of nitrogens with zero attached hydrogens (tertiary/aromatic N) is 3. The molecular weight excluding hydrogens is 682 g/mol. The number of amidine groups is 1. The maximum atomic E-state index is 12.6. The molecule has 0 atom stereocenters. The molecule has 6 rings (SSSR count). The maximum Gasteiger partial charge on any atom is 0.337 e. The number of carbonyl (C=O) groups excluding carboxylic acids is 2. The van der Waals surface area contributed by atoms with E-state index in [0.717, 1.165) is 33.8 Å². The normalized spacial score (nSPS) is 14.5. The quantitative estimate of drug-likeness (QED) is 0.0822. The van der Waals surface area contributed by atoms with E-state index in [4.69, 9.17) is 11.6 Å². The molecule has 5 aromatic rings. The van der Waals surface area contributed by atoms with Gasteiger partial charge in [-0.15, -0.1) is 11.3 Å². The third-order valence-corrected chi connectivity index (χ3v) is 10.1. The Kier molecular flexibility index (Phi) is 9.09. The molecule has 47 heavy (non-hydrogen) atoms. The van der Waals surface area contributed by atoms with Crippen LogP contribution in [0.2, 0.25) is 5.02 Å². The zero-order valence-electron chi connectivity index (χ0n) is 24.0. The first-order valence-corrected chi connectivity index (χ1v) is 16.4. The Labute approximate surface area is 283 Å². The summed E-state index contributed by atoms with van der Waals surface area (Å²) in [6, 6.07) is 21.5. The first-order chi connectivity index (χ1) is 22.5. The Morgan fingerprint density at radius 2 is 1.87 bits per heavy atom.